The van der Waals surface area contributed by atoms with Crippen molar-refractivity contribution >= 4 is 11.9 Å². The van der Waals surface area contributed by atoms with E-state index in [1.807, 2.05) is 0 Å². The van der Waals surface area contributed by atoms with Gasteiger partial charge in [0.05, 0.1) is 0 Å². The fourth-order valence-corrected chi connectivity index (χ4v) is 1.79. The van der Waals surface area contributed by atoms with Crippen LogP contribution in [-0.4, -0.2) is 46.3 Å². The average molecular weight is 388 g/mol. The topological polar surface area (TPSA) is 127 Å². The Morgan fingerprint density at radius 2 is 1.93 bits per heavy atom. The van der Waals surface area contributed by atoms with Crippen LogP contribution in [0.15, 0.2) is 28.8 Å². The number of carbonyl (C=O) groups is 2. The largest absolute Gasteiger partial charge is 0.479 e. The van der Waals surface area contributed by atoms with Gasteiger partial charge in [0.1, 0.15) is 0 Å². The maximum absolute atomic E-state index is 12.5. The molecule has 0 aliphatic carbocycles. The van der Waals surface area contributed by atoms with Crippen molar-refractivity contribution in [1.29, 1.82) is 0 Å². The van der Waals surface area contributed by atoms with Crippen molar-refractivity contribution in [1.82, 2.24) is 20.9 Å². The molecule has 0 fully saturated rings. The van der Waals surface area contributed by atoms with Crippen molar-refractivity contribution in [2.75, 3.05) is 13.1 Å². The molecule has 1 aromatic carbocycles. The molecule has 0 spiro atoms. The number of hydroxylamine groups is 1. The van der Waals surface area contributed by atoms with Gasteiger partial charge in [0, 0.05) is 24.2 Å². The number of carboxylic acid groups (broad SMARTS) is 1. The number of aliphatic carboxylic acids is 1. The Balaban J connectivity index is 1.85. The minimum atomic E-state index is -4.73. The van der Waals surface area contributed by atoms with Crippen molar-refractivity contribution in [2.45, 2.75) is 19.2 Å². The lowest BCUT2D eigenvalue weighted by atomic mass is 10.1. The van der Waals surface area contributed by atoms with Crippen LogP contribution in [0.3, 0.4) is 0 Å². The number of carboxylic acids is 1. The van der Waals surface area contributed by atoms with E-state index in [-0.39, 0.29) is 30.0 Å². The van der Waals surface area contributed by atoms with E-state index >= 15 is 0 Å². The highest BCUT2D eigenvalue weighted by atomic mass is 19.4. The standard InChI is InChI=1S/C15H15F3N4O5/c1-8(13(24)25)26-20-7-6-19-12(23)10-4-2-9(3-5-10)11-21-14(27-22-11)15(16,17)18/h2-5,8,20H,6-7H2,1H3,(H,19,23)(H,24,25). The Hall–Kier alpha value is -2.99. The molecular weight excluding hydrogens is 373 g/mol. The molecule has 0 saturated heterocycles. The second kappa shape index (κ2) is 8.60. The number of aromatic nitrogens is 2. The van der Waals surface area contributed by atoms with E-state index in [0.29, 0.717) is 0 Å². The quantitative estimate of drug-likeness (QED) is 0.459. The number of carbonyl (C=O) groups excluding carboxylic acids is 1. The number of hydrogen-bond acceptors (Lipinski definition) is 7. The van der Waals surface area contributed by atoms with Crippen LogP contribution < -0.4 is 10.8 Å². The lowest BCUT2D eigenvalue weighted by Gasteiger charge is -2.10. The third-order valence-corrected chi connectivity index (χ3v) is 3.19. The van der Waals surface area contributed by atoms with Gasteiger partial charge < -0.3 is 14.9 Å². The highest BCUT2D eigenvalue weighted by Crippen LogP contribution is 2.29. The Morgan fingerprint density at radius 3 is 2.48 bits per heavy atom. The Morgan fingerprint density at radius 1 is 1.26 bits per heavy atom. The summed E-state index contributed by atoms with van der Waals surface area (Å²) in [7, 11) is 0. The first-order valence-electron chi connectivity index (χ1n) is 7.59. The summed E-state index contributed by atoms with van der Waals surface area (Å²) in [5.41, 5.74) is 2.92. The normalized spacial score (nSPS) is 12.6. The number of halogens is 3. The number of benzene rings is 1. The number of nitrogens with zero attached hydrogens (tertiary/aromatic N) is 2. The fourth-order valence-electron chi connectivity index (χ4n) is 1.79. The monoisotopic (exact) mass is 388 g/mol. The predicted molar refractivity (Wildman–Crippen MR) is 83.3 cm³/mol. The summed E-state index contributed by atoms with van der Waals surface area (Å²) in [4.78, 5) is 30.5. The van der Waals surface area contributed by atoms with Crippen LogP contribution in [0.2, 0.25) is 0 Å². The van der Waals surface area contributed by atoms with Gasteiger partial charge in [-0.25, -0.2) is 4.79 Å². The number of amides is 1. The molecule has 0 aliphatic heterocycles. The van der Waals surface area contributed by atoms with Gasteiger partial charge in [-0.2, -0.15) is 23.6 Å². The van der Waals surface area contributed by atoms with Gasteiger partial charge in [-0.1, -0.05) is 17.3 Å². The van der Waals surface area contributed by atoms with E-state index in [0.717, 1.165) is 0 Å². The Kier molecular flexibility index (Phi) is 6.47. The summed E-state index contributed by atoms with van der Waals surface area (Å²) in [6.45, 7) is 1.67. The number of hydrogen-bond donors (Lipinski definition) is 3. The third kappa shape index (κ3) is 5.76. The van der Waals surface area contributed by atoms with Crippen molar-refractivity contribution < 1.29 is 37.2 Å². The smallest absolute Gasteiger partial charge is 0.471 e. The van der Waals surface area contributed by atoms with Crippen LogP contribution in [0.5, 0.6) is 0 Å². The first-order valence-corrected chi connectivity index (χ1v) is 7.59. The number of alkyl halides is 3. The molecule has 1 atom stereocenters. The van der Waals surface area contributed by atoms with Crippen LogP contribution >= 0.6 is 0 Å². The number of rotatable bonds is 8. The molecule has 1 heterocycles. The van der Waals surface area contributed by atoms with Gasteiger partial charge in [0.15, 0.2) is 6.10 Å². The van der Waals surface area contributed by atoms with Crippen molar-refractivity contribution in [3.63, 3.8) is 0 Å². The van der Waals surface area contributed by atoms with E-state index in [9.17, 15) is 22.8 Å². The zero-order valence-corrected chi connectivity index (χ0v) is 13.9. The second-order valence-electron chi connectivity index (χ2n) is 5.25. The molecule has 0 bridgehead atoms. The third-order valence-electron chi connectivity index (χ3n) is 3.19. The summed E-state index contributed by atoms with van der Waals surface area (Å²) in [6.07, 6.45) is -5.76. The molecule has 1 aromatic heterocycles. The molecule has 3 N–H and O–H groups in total. The van der Waals surface area contributed by atoms with E-state index in [4.69, 9.17) is 9.94 Å². The predicted octanol–water partition coefficient (Wildman–Crippen LogP) is 1.48. The summed E-state index contributed by atoms with van der Waals surface area (Å²) in [5.74, 6) is -3.26. The van der Waals surface area contributed by atoms with Crippen LogP contribution in [0.4, 0.5) is 13.2 Å². The zero-order valence-electron chi connectivity index (χ0n) is 13.9. The molecule has 0 aliphatic rings. The number of nitrogens with one attached hydrogen (secondary N) is 2. The van der Waals surface area contributed by atoms with Crippen molar-refractivity contribution in [3.05, 3.63) is 35.7 Å². The molecule has 9 nitrogen and oxygen atoms in total. The molecular formula is C15H15F3N4O5. The second-order valence-corrected chi connectivity index (χ2v) is 5.25. The van der Waals surface area contributed by atoms with Gasteiger partial charge in [0.25, 0.3) is 5.91 Å². The van der Waals surface area contributed by atoms with E-state index in [1.165, 1.54) is 31.2 Å². The van der Waals surface area contributed by atoms with Gasteiger partial charge in [-0.15, -0.1) is 0 Å². The zero-order chi connectivity index (χ0) is 20.0. The van der Waals surface area contributed by atoms with E-state index < -0.39 is 30.0 Å². The van der Waals surface area contributed by atoms with E-state index in [2.05, 4.69) is 25.5 Å². The molecule has 2 aromatic rings. The molecule has 0 saturated carbocycles. The maximum Gasteiger partial charge on any atom is 0.471 e. The van der Waals surface area contributed by atoms with Crippen LogP contribution in [-0.2, 0) is 15.8 Å². The molecule has 27 heavy (non-hydrogen) atoms. The van der Waals surface area contributed by atoms with Crippen LogP contribution in [0.25, 0.3) is 11.4 Å². The Bertz CT molecular complexity index is 791. The van der Waals surface area contributed by atoms with Crippen molar-refractivity contribution in [2.24, 2.45) is 0 Å². The molecule has 1 unspecified atom stereocenters. The summed E-state index contributed by atoms with van der Waals surface area (Å²) < 4.78 is 41.5. The van der Waals surface area contributed by atoms with Crippen LogP contribution in [0.1, 0.15) is 23.2 Å². The lowest BCUT2D eigenvalue weighted by Crippen LogP contribution is -2.35. The first-order chi connectivity index (χ1) is 12.7. The van der Waals surface area contributed by atoms with Gasteiger partial charge in [-0.3, -0.25) is 9.63 Å². The van der Waals surface area contributed by atoms with Crippen LogP contribution in [0, 0.1) is 0 Å². The Labute approximate surface area is 150 Å². The minimum Gasteiger partial charge on any atom is -0.479 e. The summed E-state index contributed by atoms with van der Waals surface area (Å²) in [5, 5.41) is 14.4. The van der Waals surface area contributed by atoms with Gasteiger partial charge in [-0.05, 0) is 19.1 Å². The summed E-state index contributed by atoms with van der Waals surface area (Å²) >= 11 is 0. The molecule has 12 heteroatoms. The van der Waals surface area contributed by atoms with Crippen molar-refractivity contribution in [3.8, 4) is 11.4 Å². The molecule has 1 amide bonds. The fraction of sp³-hybridized carbons (Fsp3) is 0.333. The van der Waals surface area contributed by atoms with Gasteiger partial charge in [0.2, 0.25) is 5.82 Å². The SMILES string of the molecule is CC(ONCCNC(=O)c1ccc(-c2noc(C(F)(F)F)n2)cc1)C(=O)O. The first kappa shape index (κ1) is 20.3. The molecule has 146 valence electrons. The van der Waals surface area contributed by atoms with Gasteiger partial charge >= 0.3 is 18.0 Å². The average Bonchev–Trinajstić information content (AvgIpc) is 3.11. The highest BCUT2D eigenvalue weighted by Gasteiger charge is 2.38. The lowest BCUT2D eigenvalue weighted by molar-refractivity contribution is -0.159. The van der Waals surface area contributed by atoms with E-state index in [1.54, 1.807) is 0 Å². The molecule has 0 radical (unpaired) electrons. The minimum absolute atomic E-state index is 0.159. The molecule has 2 rings (SSSR count). The highest BCUT2D eigenvalue weighted by molar-refractivity contribution is 5.94. The summed E-state index contributed by atoms with van der Waals surface area (Å²) in [6, 6.07) is 5.56. The maximum atomic E-state index is 12.5.